The quantitative estimate of drug-likeness (QED) is 0.299. The van der Waals surface area contributed by atoms with E-state index in [2.05, 4.69) is 12.3 Å². The third kappa shape index (κ3) is 4.73. The van der Waals surface area contributed by atoms with E-state index < -0.39 is 0 Å². The Morgan fingerprint density at radius 3 is 2.94 bits per heavy atom. The summed E-state index contributed by atoms with van der Waals surface area (Å²) in [6.45, 7) is 3.82. The number of carbonyl (C=O) groups excluding carboxylic acids is 2. The van der Waals surface area contributed by atoms with Gasteiger partial charge < -0.3 is 4.90 Å². The van der Waals surface area contributed by atoms with E-state index in [0.717, 1.165) is 38.8 Å². The lowest BCUT2D eigenvalue weighted by molar-refractivity contribution is -0.127. The highest BCUT2D eigenvalue weighted by atomic mass is 16.2. The van der Waals surface area contributed by atoms with Gasteiger partial charge in [0.25, 0.3) is 0 Å². The highest BCUT2D eigenvalue weighted by Crippen LogP contribution is 2.22. The summed E-state index contributed by atoms with van der Waals surface area (Å²) in [5.74, 6) is 5.66. The maximum Gasteiger partial charge on any atom is 0.233 e. The van der Waals surface area contributed by atoms with Crippen molar-refractivity contribution in [3.8, 4) is 0 Å². The third-order valence-corrected chi connectivity index (χ3v) is 3.23. The minimum Gasteiger partial charge on any atom is -0.342 e. The van der Waals surface area contributed by atoms with E-state index in [1.807, 2.05) is 4.90 Å². The summed E-state index contributed by atoms with van der Waals surface area (Å²) >= 11 is 0. The van der Waals surface area contributed by atoms with E-state index in [1.165, 1.54) is 0 Å². The van der Waals surface area contributed by atoms with Gasteiger partial charge in [-0.3, -0.25) is 15.0 Å². The highest BCUT2D eigenvalue weighted by Gasteiger charge is 2.27. The van der Waals surface area contributed by atoms with Gasteiger partial charge in [0.15, 0.2) is 0 Å². The maximum absolute atomic E-state index is 11.7. The first-order valence-corrected chi connectivity index (χ1v) is 6.44. The van der Waals surface area contributed by atoms with Crippen LogP contribution in [0.5, 0.6) is 0 Å². The van der Waals surface area contributed by atoms with Gasteiger partial charge in [-0.25, -0.2) is 5.84 Å². The molecular weight excluding hydrogens is 218 g/mol. The molecule has 17 heavy (non-hydrogen) atoms. The molecule has 3 N–H and O–H groups in total. The average molecular weight is 241 g/mol. The molecule has 0 spiro atoms. The van der Waals surface area contributed by atoms with Gasteiger partial charge in [-0.05, 0) is 25.2 Å². The predicted molar refractivity (Wildman–Crippen MR) is 65.8 cm³/mol. The number of nitrogens with zero attached hydrogens (tertiary/aromatic N) is 1. The topological polar surface area (TPSA) is 75.4 Å². The average Bonchev–Trinajstić information content (AvgIpc) is 2.65. The minimum absolute atomic E-state index is 0.137. The molecule has 1 atom stereocenters. The van der Waals surface area contributed by atoms with Crippen LogP contribution in [-0.2, 0) is 9.59 Å². The molecule has 98 valence electrons. The minimum atomic E-state index is -0.137. The van der Waals surface area contributed by atoms with Crippen LogP contribution in [0, 0.1) is 5.92 Å². The summed E-state index contributed by atoms with van der Waals surface area (Å²) < 4.78 is 0. The van der Waals surface area contributed by atoms with Crippen molar-refractivity contribution >= 4 is 11.8 Å². The second-order valence-corrected chi connectivity index (χ2v) is 4.72. The van der Waals surface area contributed by atoms with Gasteiger partial charge >= 0.3 is 0 Å². The van der Waals surface area contributed by atoms with Crippen LogP contribution in [0.1, 0.15) is 45.4 Å². The summed E-state index contributed by atoms with van der Waals surface area (Å²) in [7, 11) is 0. The second kappa shape index (κ2) is 7.27. The Morgan fingerprint density at radius 1 is 1.53 bits per heavy atom. The first-order valence-electron chi connectivity index (χ1n) is 6.44. The lowest BCUT2D eigenvalue weighted by Crippen LogP contribution is -2.30. The molecule has 5 heteroatoms. The number of unbranched alkanes of at least 4 members (excludes halogenated alkanes) is 1. The fourth-order valence-corrected chi connectivity index (χ4v) is 2.33. The molecule has 0 bridgehead atoms. The van der Waals surface area contributed by atoms with E-state index >= 15 is 0 Å². The molecule has 2 amide bonds. The summed E-state index contributed by atoms with van der Waals surface area (Å²) in [6, 6.07) is 0. The van der Waals surface area contributed by atoms with E-state index in [1.54, 1.807) is 0 Å². The zero-order chi connectivity index (χ0) is 12.7. The van der Waals surface area contributed by atoms with Crippen molar-refractivity contribution in [1.29, 1.82) is 0 Å². The van der Waals surface area contributed by atoms with Crippen LogP contribution in [0.25, 0.3) is 0 Å². The van der Waals surface area contributed by atoms with Crippen LogP contribution >= 0.6 is 0 Å². The number of nitrogens with one attached hydrogen (secondary N) is 1. The van der Waals surface area contributed by atoms with Crippen molar-refractivity contribution in [1.82, 2.24) is 10.3 Å². The second-order valence-electron chi connectivity index (χ2n) is 4.72. The molecular formula is C12H23N3O2. The molecule has 1 aliphatic heterocycles. The Kier molecular flexibility index (Phi) is 5.97. The van der Waals surface area contributed by atoms with Crippen LogP contribution in [-0.4, -0.2) is 29.8 Å². The molecule has 1 aliphatic rings. The largest absolute Gasteiger partial charge is 0.342 e. The Balaban J connectivity index is 2.15. The Hall–Kier alpha value is -1.10. The van der Waals surface area contributed by atoms with Gasteiger partial charge in [-0.1, -0.05) is 13.3 Å². The number of carbonyl (C=O) groups is 2. The van der Waals surface area contributed by atoms with E-state index in [9.17, 15) is 9.59 Å². The van der Waals surface area contributed by atoms with Crippen molar-refractivity contribution in [2.24, 2.45) is 11.8 Å². The number of hydrogen-bond donors (Lipinski definition) is 2. The first kappa shape index (κ1) is 14.0. The van der Waals surface area contributed by atoms with Gasteiger partial charge in [-0.15, -0.1) is 0 Å². The predicted octanol–water partition coefficient (Wildman–Crippen LogP) is 0.795. The monoisotopic (exact) mass is 241 g/mol. The number of nitrogens with two attached hydrogens (primary N) is 1. The van der Waals surface area contributed by atoms with Crippen molar-refractivity contribution in [2.75, 3.05) is 13.1 Å². The van der Waals surface area contributed by atoms with Crippen LogP contribution in [0.15, 0.2) is 0 Å². The molecule has 0 saturated carbocycles. The van der Waals surface area contributed by atoms with Crippen molar-refractivity contribution in [3.05, 3.63) is 0 Å². The molecule has 0 radical (unpaired) electrons. The Bertz CT molecular complexity index is 268. The van der Waals surface area contributed by atoms with E-state index in [0.29, 0.717) is 18.8 Å². The fraction of sp³-hybridized carbons (Fsp3) is 0.833. The van der Waals surface area contributed by atoms with Crippen LogP contribution < -0.4 is 11.3 Å². The normalized spacial score (nSPS) is 19.8. The van der Waals surface area contributed by atoms with Crippen LogP contribution in [0.3, 0.4) is 0 Å². The van der Waals surface area contributed by atoms with Crippen molar-refractivity contribution in [2.45, 2.75) is 45.4 Å². The molecule has 1 unspecified atom stereocenters. The molecule has 1 saturated heterocycles. The lowest BCUT2D eigenvalue weighted by atomic mass is 10.0. The maximum atomic E-state index is 11.7. The standard InChI is InChI=1S/C12H23N3O2/c1-2-5-10-8-12(17)15(9-10)7-4-3-6-11(16)14-13/h10H,2-9,13H2,1H3,(H,14,16). The molecule has 0 aliphatic carbocycles. The number of hydrogen-bond acceptors (Lipinski definition) is 3. The van der Waals surface area contributed by atoms with Crippen LogP contribution in [0.2, 0.25) is 0 Å². The zero-order valence-electron chi connectivity index (χ0n) is 10.6. The molecule has 1 fully saturated rings. The molecule has 0 aromatic heterocycles. The van der Waals surface area contributed by atoms with Gasteiger partial charge in [-0.2, -0.15) is 0 Å². The zero-order valence-corrected chi connectivity index (χ0v) is 10.6. The highest BCUT2D eigenvalue weighted by molar-refractivity contribution is 5.78. The Morgan fingerprint density at radius 2 is 2.29 bits per heavy atom. The van der Waals surface area contributed by atoms with Crippen molar-refractivity contribution in [3.63, 3.8) is 0 Å². The number of likely N-dealkylation sites (tertiary alicyclic amines) is 1. The number of amides is 2. The fourth-order valence-electron chi connectivity index (χ4n) is 2.33. The third-order valence-electron chi connectivity index (χ3n) is 3.23. The van der Waals surface area contributed by atoms with Crippen molar-refractivity contribution < 1.29 is 9.59 Å². The summed E-state index contributed by atoms with van der Waals surface area (Å²) in [5.41, 5.74) is 2.11. The smallest absolute Gasteiger partial charge is 0.233 e. The van der Waals surface area contributed by atoms with E-state index in [4.69, 9.17) is 5.84 Å². The van der Waals surface area contributed by atoms with Crippen LogP contribution in [0.4, 0.5) is 0 Å². The van der Waals surface area contributed by atoms with Gasteiger partial charge in [0.1, 0.15) is 0 Å². The number of rotatable bonds is 7. The molecule has 1 rings (SSSR count). The summed E-state index contributed by atoms with van der Waals surface area (Å²) in [6.07, 6.45) is 5.08. The van der Waals surface area contributed by atoms with Gasteiger partial charge in [0.05, 0.1) is 0 Å². The van der Waals surface area contributed by atoms with E-state index in [-0.39, 0.29) is 11.8 Å². The Labute approximate surface area is 103 Å². The van der Waals surface area contributed by atoms with Gasteiger partial charge in [0, 0.05) is 25.9 Å². The molecule has 0 aromatic rings. The molecule has 5 nitrogen and oxygen atoms in total. The molecule has 1 heterocycles. The summed E-state index contributed by atoms with van der Waals surface area (Å²) in [5, 5.41) is 0. The molecule has 0 aromatic carbocycles. The summed E-state index contributed by atoms with van der Waals surface area (Å²) in [4.78, 5) is 24.5. The van der Waals surface area contributed by atoms with Gasteiger partial charge in [0.2, 0.25) is 11.8 Å². The lowest BCUT2D eigenvalue weighted by Gasteiger charge is -2.16. The first-order chi connectivity index (χ1) is 8.17. The SMILES string of the molecule is CCCC1CC(=O)N(CCCCC(=O)NN)C1. The number of hydrazine groups is 1.